The Morgan fingerprint density at radius 1 is 1.36 bits per heavy atom. The van der Waals surface area contributed by atoms with Crippen LogP contribution < -0.4 is 5.73 Å². The van der Waals surface area contributed by atoms with Crippen molar-refractivity contribution in [3.8, 4) is 0 Å². The van der Waals surface area contributed by atoms with E-state index < -0.39 is 17.2 Å². The summed E-state index contributed by atoms with van der Waals surface area (Å²) >= 11 is 0. The number of hydrogen-bond donors (Lipinski definition) is 1. The van der Waals surface area contributed by atoms with Crippen LogP contribution in [0.25, 0.3) is 0 Å². The molecule has 1 aromatic carbocycles. The maximum atomic E-state index is 13.1. The molecule has 1 nitrogen and oxygen atoms in total. The molecule has 0 amide bonds. The number of hydrogen-bond acceptors (Lipinski definition) is 1. The number of rotatable bonds is 2. The van der Waals surface area contributed by atoms with E-state index in [1.165, 1.54) is 18.2 Å². The first-order valence-electron chi connectivity index (χ1n) is 4.36. The fraction of sp³-hybridized carbons (Fsp3) is 0.400. The zero-order chi connectivity index (χ0) is 10.4. The number of halogens is 3. The van der Waals surface area contributed by atoms with Crippen LogP contribution >= 0.6 is 0 Å². The first-order chi connectivity index (χ1) is 6.52. The Morgan fingerprint density at radius 2 is 2.00 bits per heavy atom. The predicted octanol–water partition coefficient (Wildman–Crippen LogP) is 2.06. The third kappa shape index (κ3) is 1.14. The van der Waals surface area contributed by atoms with Gasteiger partial charge in [-0.05, 0) is 17.7 Å². The van der Waals surface area contributed by atoms with Crippen molar-refractivity contribution in [2.75, 3.05) is 6.54 Å². The Morgan fingerprint density at radius 3 is 2.43 bits per heavy atom. The summed E-state index contributed by atoms with van der Waals surface area (Å²) in [5, 5.41) is 0. The molecule has 1 atom stereocenters. The zero-order valence-electron chi connectivity index (χ0n) is 7.43. The van der Waals surface area contributed by atoms with Gasteiger partial charge in [0, 0.05) is 13.0 Å². The van der Waals surface area contributed by atoms with Crippen LogP contribution in [0.3, 0.4) is 0 Å². The normalized spacial score (nSPS) is 28.9. The van der Waals surface area contributed by atoms with Crippen LogP contribution in [0.1, 0.15) is 12.0 Å². The van der Waals surface area contributed by atoms with E-state index in [4.69, 9.17) is 5.73 Å². The highest BCUT2D eigenvalue weighted by Gasteiger charge is 2.71. The molecule has 1 unspecified atom stereocenters. The Hall–Kier alpha value is -1.03. The van der Waals surface area contributed by atoms with Gasteiger partial charge in [0.1, 0.15) is 5.82 Å². The van der Waals surface area contributed by atoms with Crippen LogP contribution in [0.2, 0.25) is 0 Å². The maximum Gasteiger partial charge on any atom is 0.260 e. The smallest absolute Gasteiger partial charge is 0.260 e. The fourth-order valence-electron chi connectivity index (χ4n) is 1.77. The van der Waals surface area contributed by atoms with Crippen LogP contribution in [0.4, 0.5) is 13.2 Å². The molecule has 1 fully saturated rings. The van der Waals surface area contributed by atoms with Gasteiger partial charge >= 0.3 is 0 Å². The molecule has 1 aliphatic rings. The Kier molecular flexibility index (Phi) is 1.86. The zero-order valence-corrected chi connectivity index (χ0v) is 7.43. The van der Waals surface area contributed by atoms with Gasteiger partial charge in [-0.15, -0.1) is 0 Å². The van der Waals surface area contributed by atoms with E-state index in [1.54, 1.807) is 0 Å². The van der Waals surface area contributed by atoms with Crippen molar-refractivity contribution in [1.29, 1.82) is 0 Å². The lowest BCUT2D eigenvalue weighted by atomic mass is 9.95. The standard InChI is InChI=1S/C10H10F3N/c11-8-3-1-2-7(4-8)9(6-14)5-10(9,12)13/h1-4H,5-6,14H2. The SMILES string of the molecule is NCC1(c2cccc(F)c2)CC1(F)F. The molecule has 0 radical (unpaired) electrons. The first-order valence-corrected chi connectivity index (χ1v) is 4.36. The van der Waals surface area contributed by atoms with Crippen molar-refractivity contribution < 1.29 is 13.2 Å². The number of nitrogens with two attached hydrogens (primary N) is 1. The van der Waals surface area contributed by atoms with Crippen LogP contribution in [0.15, 0.2) is 24.3 Å². The summed E-state index contributed by atoms with van der Waals surface area (Å²) in [6, 6.07) is 5.29. The molecule has 0 aromatic heterocycles. The van der Waals surface area contributed by atoms with Crippen LogP contribution in [-0.4, -0.2) is 12.5 Å². The Bertz CT molecular complexity index is 364. The van der Waals surface area contributed by atoms with E-state index in [0.29, 0.717) is 5.56 Å². The van der Waals surface area contributed by atoms with Gasteiger partial charge in [0.25, 0.3) is 5.92 Å². The molecule has 0 spiro atoms. The molecule has 0 bridgehead atoms. The highest BCUT2D eigenvalue weighted by molar-refractivity contribution is 5.38. The van der Waals surface area contributed by atoms with Gasteiger partial charge in [0.2, 0.25) is 0 Å². The molecule has 1 aromatic rings. The summed E-state index contributed by atoms with van der Waals surface area (Å²) in [6.45, 7) is -0.149. The van der Waals surface area contributed by atoms with Gasteiger partial charge in [-0.1, -0.05) is 12.1 Å². The van der Waals surface area contributed by atoms with Crippen LogP contribution in [-0.2, 0) is 5.41 Å². The Labute approximate surface area is 79.7 Å². The van der Waals surface area contributed by atoms with Gasteiger partial charge in [0.05, 0.1) is 5.41 Å². The van der Waals surface area contributed by atoms with Crippen molar-refractivity contribution in [3.63, 3.8) is 0 Å². The summed E-state index contributed by atoms with van der Waals surface area (Å²) in [7, 11) is 0. The molecule has 1 aliphatic carbocycles. The second kappa shape index (κ2) is 2.73. The van der Waals surface area contributed by atoms with E-state index in [-0.39, 0.29) is 13.0 Å². The molecule has 0 saturated heterocycles. The third-order valence-corrected chi connectivity index (χ3v) is 2.82. The maximum absolute atomic E-state index is 13.1. The Balaban J connectivity index is 2.40. The lowest BCUT2D eigenvalue weighted by molar-refractivity contribution is 0.0895. The van der Waals surface area contributed by atoms with Gasteiger partial charge in [-0.2, -0.15) is 0 Å². The number of benzene rings is 1. The number of alkyl halides is 2. The summed E-state index contributed by atoms with van der Waals surface area (Å²) < 4.78 is 39.0. The van der Waals surface area contributed by atoms with Crippen molar-refractivity contribution in [3.05, 3.63) is 35.6 Å². The molecule has 76 valence electrons. The van der Waals surface area contributed by atoms with E-state index in [1.807, 2.05) is 0 Å². The summed E-state index contributed by atoms with van der Waals surface area (Å²) in [4.78, 5) is 0. The highest BCUT2D eigenvalue weighted by atomic mass is 19.3. The highest BCUT2D eigenvalue weighted by Crippen LogP contribution is 2.60. The van der Waals surface area contributed by atoms with Crippen LogP contribution in [0.5, 0.6) is 0 Å². The van der Waals surface area contributed by atoms with E-state index in [0.717, 1.165) is 6.07 Å². The molecule has 0 aliphatic heterocycles. The summed E-state index contributed by atoms with van der Waals surface area (Å²) in [6.07, 6.45) is -0.278. The molecule has 2 rings (SSSR count). The van der Waals surface area contributed by atoms with Crippen molar-refractivity contribution in [2.45, 2.75) is 17.8 Å². The van der Waals surface area contributed by atoms with Crippen molar-refractivity contribution >= 4 is 0 Å². The largest absolute Gasteiger partial charge is 0.329 e. The summed E-state index contributed by atoms with van der Waals surface area (Å²) in [5.74, 6) is -3.28. The second-order valence-corrected chi connectivity index (χ2v) is 3.68. The van der Waals surface area contributed by atoms with Gasteiger partial charge in [0.15, 0.2) is 0 Å². The third-order valence-electron chi connectivity index (χ3n) is 2.82. The van der Waals surface area contributed by atoms with E-state index in [9.17, 15) is 13.2 Å². The molecule has 2 N–H and O–H groups in total. The quantitative estimate of drug-likeness (QED) is 0.778. The minimum Gasteiger partial charge on any atom is -0.329 e. The molecule has 14 heavy (non-hydrogen) atoms. The molecule has 1 saturated carbocycles. The van der Waals surface area contributed by atoms with Gasteiger partial charge < -0.3 is 5.73 Å². The molecular weight excluding hydrogens is 191 g/mol. The lowest BCUT2D eigenvalue weighted by Crippen LogP contribution is -2.26. The van der Waals surface area contributed by atoms with Gasteiger partial charge in [-0.3, -0.25) is 0 Å². The summed E-state index contributed by atoms with van der Waals surface area (Å²) in [5.41, 5.74) is 4.30. The molecular formula is C10H10F3N. The van der Waals surface area contributed by atoms with E-state index >= 15 is 0 Å². The first kappa shape index (κ1) is 9.52. The van der Waals surface area contributed by atoms with Crippen LogP contribution in [0, 0.1) is 5.82 Å². The average molecular weight is 201 g/mol. The van der Waals surface area contributed by atoms with Gasteiger partial charge in [-0.25, -0.2) is 13.2 Å². The average Bonchev–Trinajstić information content (AvgIpc) is 2.70. The minimum absolute atomic E-state index is 0.149. The fourth-order valence-corrected chi connectivity index (χ4v) is 1.77. The lowest BCUT2D eigenvalue weighted by Gasteiger charge is -2.13. The van der Waals surface area contributed by atoms with Crippen molar-refractivity contribution in [2.24, 2.45) is 5.73 Å². The van der Waals surface area contributed by atoms with Crippen molar-refractivity contribution in [1.82, 2.24) is 0 Å². The minimum atomic E-state index is -2.78. The molecule has 0 heterocycles. The van der Waals surface area contributed by atoms with E-state index in [2.05, 4.69) is 0 Å². The predicted molar refractivity (Wildman–Crippen MR) is 46.7 cm³/mol. The topological polar surface area (TPSA) is 26.0 Å². The second-order valence-electron chi connectivity index (χ2n) is 3.68. The molecule has 4 heteroatoms. The monoisotopic (exact) mass is 201 g/mol.